The van der Waals surface area contributed by atoms with E-state index in [4.69, 9.17) is 10.3 Å². The van der Waals surface area contributed by atoms with Gasteiger partial charge in [-0.3, -0.25) is 4.98 Å². The first kappa shape index (κ1) is 16.9. The molecule has 0 unspecified atom stereocenters. The largest absolute Gasteiger partial charge is 0.334 e. The Bertz CT molecular complexity index is 884. The highest BCUT2D eigenvalue weighted by Gasteiger charge is 2.36. The number of aryl methyl sites for hydroxylation is 2. The van der Waals surface area contributed by atoms with Crippen molar-refractivity contribution in [3.8, 4) is 11.5 Å². The predicted octanol–water partition coefficient (Wildman–Crippen LogP) is 4.05. The predicted molar refractivity (Wildman–Crippen MR) is 96.1 cm³/mol. The van der Waals surface area contributed by atoms with Gasteiger partial charge in [-0.1, -0.05) is 29.6 Å². The third kappa shape index (κ3) is 2.78. The van der Waals surface area contributed by atoms with Crippen LogP contribution >= 0.6 is 12.4 Å². The number of aromatic nitrogens is 3. The number of rotatable bonds is 2. The third-order valence-electron chi connectivity index (χ3n) is 4.76. The molecule has 1 aromatic carbocycles. The van der Waals surface area contributed by atoms with Gasteiger partial charge in [-0.25, -0.2) is 0 Å². The molecule has 6 heteroatoms. The molecule has 1 aliphatic rings. The number of hydrogen-bond donors (Lipinski definition) is 1. The molecule has 0 spiro atoms. The quantitative estimate of drug-likeness (QED) is 0.758. The molecule has 0 aliphatic heterocycles. The van der Waals surface area contributed by atoms with Gasteiger partial charge in [-0.05, 0) is 44.9 Å². The van der Waals surface area contributed by atoms with E-state index in [1.807, 2.05) is 13.0 Å². The van der Waals surface area contributed by atoms with Gasteiger partial charge in [0.25, 0.3) is 5.89 Å². The number of benzene rings is 1. The molecule has 126 valence electrons. The van der Waals surface area contributed by atoms with Crippen LogP contribution in [0.15, 0.2) is 28.8 Å². The van der Waals surface area contributed by atoms with Crippen LogP contribution in [0.2, 0.25) is 0 Å². The summed E-state index contributed by atoms with van der Waals surface area (Å²) in [5.41, 5.74) is 9.92. The SMILES string of the molecule is Cc1ccc2nc(C)c(-c3nc(C4(N)CCCC4)no3)cc2c1.Cl. The standard InChI is InChI=1S/C18H20N4O.ClH/c1-11-5-6-15-13(9-11)10-14(12(2)20-15)16-21-17(22-23-16)18(19)7-3-4-8-18;/h5-6,9-10H,3-4,7-8,19H2,1-2H3;1H. The van der Waals surface area contributed by atoms with Crippen LogP contribution in [0, 0.1) is 13.8 Å². The number of fused-ring (bicyclic) bond motifs is 1. The summed E-state index contributed by atoms with van der Waals surface area (Å²) in [6.45, 7) is 4.04. The van der Waals surface area contributed by atoms with Gasteiger partial charge in [0.1, 0.15) is 0 Å². The van der Waals surface area contributed by atoms with Gasteiger partial charge in [-0.15, -0.1) is 12.4 Å². The van der Waals surface area contributed by atoms with E-state index in [1.165, 1.54) is 5.56 Å². The molecule has 2 N–H and O–H groups in total. The van der Waals surface area contributed by atoms with E-state index in [1.54, 1.807) is 0 Å². The van der Waals surface area contributed by atoms with Crippen molar-refractivity contribution < 1.29 is 4.52 Å². The minimum atomic E-state index is -0.434. The van der Waals surface area contributed by atoms with Crippen LogP contribution in [0.4, 0.5) is 0 Å². The highest BCUT2D eigenvalue weighted by Crippen LogP contribution is 2.36. The normalized spacial score (nSPS) is 16.3. The van der Waals surface area contributed by atoms with Crippen molar-refractivity contribution in [2.75, 3.05) is 0 Å². The van der Waals surface area contributed by atoms with E-state index in [0.717, 1.165) is 47.8 Å². The van der Waals surface area contributed by atoms with Gasteiger partial charge >= 0.3 is 0 Å². The summed E-state index contributed by atoms with van der Waals surface area (Å²) in [6, 6.07) is 8.29. The number of halogens is 1. The van der Waals surface area contributed by atoms with E-state index in [9.17, 15) is 0 Å². The smallest absolute Gasteiger partial charge is 0.259 e. The van der Waals surface area contributed by atoms with E-state index < -0.39 is 5.54 Å². The fourth-order valence-corrected chi connectivity index (χ4v) is 3.37. The number of nitrogens with zero attached hydrogens (tertiary/aromatic N) is 3. The molecule has 1 fully saturated rings. The summed E-state index contributed by atoms with van der Waals surface area (Å²) in [5.74, 6) is 1.12. The second-order valence-electron chi connectivity index (χ2n) is 6.60. The lowest BCUT2D eigenvalue weighted by Crippen LogP contribution is -2.34. The first-order valence-corrected chi connectivity index (χ1v) is 8.07. The van der Waals surface area contributed by atoms with Gasteiger partial charge in [0.2, 0.25) is 0 Å². The van der Waals surface area contributed by atoms with Crippen molar-refractivity contribution in [3.05, 3.63) is 41.3 Å². The van der Waals surface area contributed by atoms with Crippen LogP contribution in [0.25, 0.3) is 22.4 Å². The Hall–Kier alpha value is -1.98. The molecule has 24 heavy (non-hydrogen) atoms. The molecule has 3 aromatic rings. The minimum Gasteiger partial charge on any atom is -0.334 e. The Morgan fingerprint density at radius 2 is 1.83 bits per heavy atom. The fraction of sp³-hybridized carbons (Fsp3) is 0.389. The van der Waals surface area contributed by atoms with E-state index in [0.29, 0.717) is 11.7 Å². The lowest BCUT2D eigenvalue weighted by Gasteiger charge is -2.17. The van der Waals surface area contributed by atoms with Crippen LogP contribution in [0.1, 0.15) is 42.8 Å². The van der Waals surface area contributed by atoms with Gasteiger partial charge < -0.3 is 10.3 Å². The molecule has 0 radical (unpaired) electrons. The molecule has 5 nitrogen and oxygen atoms in total. The summed E-state index contributed by atoms with van der Waals surface area (Å²) in [6.07, 6.45) is 4.08. The molecule has 0 amide bonds. The molecular weight excluding hydrogens is 324 g/mol. The van der Waals surface area contributed by atoms with Crippen LogP contribution in [0.5, 0.6) is 0 Å². The van der Waals surface area contributed by atoms with E-state index in [-0.39, 0.29) is 12.4 Å². The van der Waals surface area contributed by atoms with E-state index in [2.05, 4.69) is 40.2 Å². The van der Waals surface area contributed by atoms with Crippen molar-refractivity contribution in [1.29, 1.82) is 0 Å². The maximum Gasteiger partial charge on any atom is 0.259 e. The Morgan fingerprint density at radius 1 is 1.08 bits per heavy atom. The first-order valence-electron chi connectivity index (χ1n) is 8.07. The van der Waals surface area contributed by atoms with Crippen LogP contribution < -0.4 is 5.73 Å². The van der Waals surface area contributed by atoms with Gasteiger partial charge in [-0.2, -0.15) is 4.98 Å². The van der Waals surface area contributed by atoms with Crippen LogP contribution in [0.3, 0.4) is 0 Å². The first-order chi connectivity index (χ1) is 11.0. The summed E-state index contributed by atoms with van der Waals surface area (Å²) in [5, 5.41) is 5.22. The molecule has 1 aliphatic carbocycles. The molecule has 4 rings (SSSR count). The zero-order chi connectivity index (χ0) is 16.0. The Balaban J connectivity index is 0.00000169. The minimum absolute atomic E-state index is 0. The van der Waals surface area contributed by atoms with Crippen molar-refractivity contribution in [3.63, 3.8) is 0 Å². The van der Waals surface area contributed by atoms with Crippen LogP contribution in [-0.4, -0.2) is 15.1 Å². The number of hydrogen-bond acceptors (Lipinski definition) is 5. The zero-order valence-electron chi connectivity index (χ0n) is 13.9. The topological polar surface area (TPSA) is 77.8 Å². The lowest BCUT2D eigenvalue weighted by atomic mass is 9.98. The summed E-state index contributed by atoms with van der Waals surface area (Å²) in [4.78, 5) is 9.24. The van der Waals surface area contributed by atoms with Gasteiger partial charge in [0.05, 0.1) is 22.3 Å². The van der Waals surface area contributed by atoms with Gasteiger partial charge in [0.15, 0.2) is 5.82 Å². The second kappa shape index (κ2) is 6.15. The second-order valence-corrected chi connectivity index (χ2v) is 6.60. The van der Waals surface area contributed by atoms with Gasteiger partial charge in [0, 0.05) is 5.39 Å². The maximum absolute atomic E-state index is 6.42. The molecule has 0 atom stereocenters. The zero-order valence-corrected chi connectivity index (χ0v) is 14.7. The van der Waals surface area contributed by atoms with Crippen molar-refractivity contribution in [2.24, 2.45) is 5.73 Å². The van der Waals surface area contributed by atoms with Crippen molar-refractivity contribution in [1.82, 2.24) is 15.1 Å². The lowest BCUT2D eigenvalue weighted by molar-refractivity contribution is 0.372. The highest BCUT2D eigenvalue weighted by molar-refractivity contribution is 5.85. The summed E-state index contributed by atoms with van der Waals surface area (Å²) in [7, 11) is 0. The molecule has 0 saturated heterocycles. The number of pyridine rings is 1. The van der Waals surface area contributed by atoms with Crippen LogP contribution in [-0.2, 0) is 5.54 Å². The molecule has 2 heterocycles. The van der Waals surface area contributed by atoms with Crippen molar-refractivity contribution in [2.45, 2.75) is 45.1 Å². The average molecular weight is 345 g/mol. The monoisotopic (exact) mass is 344 g/mol. The number of nitrogens with two attached hydrogens (primary N) is 1. The summed E-state index contributed by atoms with van der Waals surface area (Å²) >= 11 is 0. The molecule has 0 bridgehead atoms. The highest BCUT2D eigenvalue weighted by atomic mass is 35.5. The van der Waals surface area contributed by atoms with E-state index >= 15 is 0 Å². The molecule has 1 saturated carbocycles. The molecular formula is C18H21ClN4O. The average Bonchev–Trinajstić information content (AvgIpc) is 3.17. The third-order valence-corrected chi connectivity index (χ3v) is 4.76. The Morgan fingerprint density at radius 3 is 2.58 bits per heavy atom. The Kier molecular flexibility index (Phi) is 4.32. The fourth-order valence-electron chi connectivity index (χ4n) is 3.37. The molecule has 2 aromatic heterocycles. The maximum atomic E-state index is 6.42. The van der Waals surface area contributed by atoms with Crippen molar-refractivity contribution >= 4 is 23.3 Å². The summed E-state index contributed by atoms with van der Waals surface area (Å²) < 4.78 is 5.51. The Labute approximate surface area is 147 Å².